The van der Waals surface area contributed by atoms with E-state index in [0.29, 0.717) is 0 Å². The first kappa shape index (κ1) is 21.2. The van der Waals surface area contributed by atoms with Gasteiger partial charge in [-0.15, -0.1) is 0 Å². The predicted octanol–water partition coefficient (Wildman–Crippen LogP) is 5.51. The van der Waals surface area contributed by atoms with Crippen LogP contribution in [-0.2, 0) is 6.54 Å². The van der Waals surface area contributed by atoms with Gasteiger partial charge in [-0.3, -0.25) is 0 Å². The number of rotatable bonds is 15. The molecule has 0 bridgehead atoms. The second-order valence-corrected chi connectivity index (χ2v) is 7.98. The molecule has 1 rings (SSSR count). The van der Waals surface area contributed by atoms with Crippen LogP contribution in [0.5, 0.6) is 0 Å². The summed E-state index contributed by atoms with van der Waals surface area (Å²) in [5.41, 5.74) is 6.97. The summed E-state index contributed by atoms with van der Waals surface area (Å²) in [7, 11) is 4.72. The molecule has 0 aliphatic heterocycles. The van der Waals surface area contributed by atoms with E-state index in [0.717, 1.165) is 17.6 Å². The molecule has 138 valence electrons. The van der Waals surface area contributed by atoms with E-state index in [4.69, 9.17) is 5.73 Å². The zero-order valence-corrected chi connectivity index (χ0v) is 16.3. The molecule has 0 aromatic heterocycles. The van der Waals surface area contributed by atoms with Crippen molar-refractivity contribution in [2.75, 3.05) is 27.2 Å². The summed E-state index contributed by atoms with van der Waals surface area (Å²) in [6.45, 7) is 3.29. The first-order chi connectivity index (χ1) is 11.6. The van der Waals surface area contributed by atoms with Gasteiger partial charge in [0.2, 0.25) is 0 Å². The molecule has 2 nitrogen and oxygen atoms in total. The highest BCUT2D eigenvalue weighted by molar-refractivity contribution is 5.13. The Kier molecular flexibility index (Phi) is 11.9. The number of nitrogens with zero attached hydrogens (tertiary/aromatic N) is 1. The minimum Gasteiger partial charge on any atom is -0.330 e. The molecule has 0 aliphatic carbocycles. The van der Waals surface area contributed by atoms with Gasteiger partial charge in [-0.1, -0.05) is 81.7 Å². The van der Waals surface area contributed by atoms with E-state index in [1.807, 2.05) is 0 Å². The van der Waals surface area contributed by atoms with Crippen molar-refractivity contribution in [2.24, 2.45) is 5.73 Å². The van der Waals surface area contributed by atoms with Crippen molar-refractivity contribution in [2.45, 2.75) is 77.2 Å². The highest BCUT2D eigenvalue weighted by Crippen LogP contribution is 2.14. The fourth-order valence-corrected chi connectivity index (χ4v) is 3.43. The van der Waals surface area contributed by atoms with Crippen molar-refractivity contribution in [1.82, 2.24) is 0 Å². The second-order valence-electron chi connectivity index (χ2n) is 7.98. The zero-order valence-electron chi connectivity index (χ0n) is 16.3. The third kappa shape index (κ3) is 11.6. The van der Waals surface area contributed by atoms with Gasteiger partial charge in [0.1, 0.15) is 6.54 Å². The molecule has 0 heterocycles. The summed E-state index contributed by atoms with van der Waals surface area (Å²) in [6.07, 6.45) is 15.2. The lowest BCUT2D eigenvalue weighted by atomic mass is 10.1. The van der Waals surface area contributed by atoms with Crippen molar-refractivity contribution < 1.29 is 4.48 Å². The van der Waals surface area contributed by atoms with Crippen LogP contribution in [0, 0.1) is 0 Å². The molecular weight excluding hydrogens is 292 g/mol. The van der Waals surface area contributed by atoms with Gasteiger partial charge in [-0.25, -0.2) is 0 Å². The van der Waals surface area contributed by atoms with Crippen molar-refractivity contribution >= 4 is 0 Å². The fraction of sp³-hybridized carbons (Fsp3) is 0.727. The monoisotopic (exact) mass is 333 g/mol. The van der Waals surface area contributed by atoms with Crippen molar-refractivity contribution in [3.8, 4) is 0 Å². The number of nitrogens with two attached hydrogens (primary N) is 1. The molecular formula is C22H41N2+. The van der Waals surface area contributed by atoms with E-state index in [1.165, 1.54) is 82.7 Å². The molecule has 0 aliphatic rings. The normalized spacial score (nSPS) is 11.8. The van der Waals surface area contributed by atoms with Gasteiger partial charge in [0.15, 0.2) is 0 Å². The van der Waals surface area contributed by atoms with Crippen LogP contribution in [0.25, 0.3) is 0 Å². The highest BCUT2D eigenvalue weighted by Gasteiger charge is 2.14. The lowest BCUT2D eigenvalue weighted by Gasteiger charge is -2.30. The number of hydrogen-bond donors (Lipinski definition) is 1. The summed E-state index contributed by atoms with van der Waals surface area (Å²) in [5, 5.41) is 0. The van der Waals surface area contributed by atoms with Crippen LogP contribution in [0.2, 0.25) is 0 Å². The Hall–Kier alpha value is -0.860. The van der Waals surface area contributed by atoms with Crippen molar-refractivity contribution in [1.29, 1.82) is 0 Å². The quantitative estimate of drug-likeness (QED) is 0.332. The first-order valence-corrected chi connectivity index (χ1v) is 10.2. The first-order valence-electron chi connectivity index (χ1n) is 10.2. The van der Waals surface area contributed by atoms with E-state index in [9.17, 15) is 0 Å². The summed E-state index contributed by atoms with van der Waals surface area (Å²) in [5.74, 6) is 0. The van der Waals surface area contributed by atoms with Gasteiger partial charge < -0.3 is 10.2 Å². The molecule has 0 fully saturated rings. The Morgan fingerprint density at radius 3 is 1.62 bits per heavy atom. The average molecular weight is 334 g/mol. The lowest BCUT2D eigenvalue weighted by molar-refractivity contribution is -0.903. The van der Waals surface area contributed by atoms with E-state index in [2.05, 4.69) is 44.4 Å². The predicted molar refractivity (Wildman–Crippen MR) is 107 cm³/mol. The molecule has 2 N–H and O–H groups in total. The maximum atomic E-state index is 5.51. The van der Waals surface area contributed by atoms with Crippen LogP contribution >= 0.6 is 0 Å². The van der Waals surface area contributed by atoms with E-state index >= 15 is 0 Å². The van der Waals surface area contributed by atoms with Crippen LogP contribution in [0.1, 0.15) is 76.2 Å². The molecule has 1 aromatic rings. The van der Waals surface area contributed by atoms with E-state index < -0.39 is 0 Å². The maximum absolute atomic E-state index is 5.51. The third-order valence-electron chi connectivity index (χ3n) is 4.92. The van der Waals surface area contributed by atoms with Gasteiger partial charge >= 0.3 is 0 Å². The fourth-order valence-electron chi connectivity index (χ4n) is 3.43. The minimum absolute atomic E-state index is 0.862. The topological polar surface area (TPSA) is 26.0 Å². The molecule has 2 heteroatoms. The summed E-state index contributed by atoms with van der Waals surface area (Å²) in [4.78, 5) is 0. The lowest BCUT2D eigenvalue weighted by Crippen LogP contribution is -2.39. The van der Waals surface area contributed by atoms with Gasteiger partial charge in [-0.2, -0.15) is 0 Å². The Morgan fingerprint density at radius 2 is 1.12 bits per heavy atom. The van der Waals surface area contributed by atoms with Crippen LogP contribution in [0.4, 0.5) is 0 Å². The van der Waals surface area contributed by atoms with E-state index in [1.54, 1.807) is 0 Å². The Balaban J connectivity index is 1.92. The largest absolute Gasteiger partial charge is 0.330 e. The number of hydrogen-bond acceptors (Lipinski definition) is 1. The summed E-state index contributed by atoms with van der Waals surface area (Å²) >= 11 is 0. The second kappa shape index (κ2) is 13.4. The maximum Gasteiger partial charge on any atom is 0.104 e. The van der Waals surface area contributed by atoms with Crippen LogP contribution in [0.3, 0.4) is 0 Å². The smallest absolute Gasteiger partial charge is 0.104 e. The molecule has 0 atom stereocenters. The SMILES string of the molecule is C[N+](C)(CCCCCCCCCCCCCN)Cc1ccccc1. The van der Waals surface area contributed by atoms with Gasteiger partial charge in [0, 0.05) is 5.56 Å². The van der Waals surface area contributed by atoms with Gasteiger partial charge in [-0.05, 0) is 25.8 Å². The van der Waals surface area contributed by atoms with Crippen molar-refractivity contribution in [3.63, 3.8) is 0 Å². The van der Waals surface area contributed by atoms with E-state index in [-0.39, 0.29) is 0 Å². The molecule has 0 saturated heterocycles. The molecule has 0 spiro atoms. The van der Waals surface area contributed by atoms with Crippen LogP contribution in [-0.4, -0.2) is 31.7 Å². The number of benzene rings is 1. The van der Waals surface area contributed by atoms with Crippen LogP contribution in [0.15, 0.2) is 30.3 Å². The van der Waals surface area contributed by atoms with Gasteiger partial charge in [0.25, 0.3) is 0 Å². The summed E-state index contributed by atoms with van der Waals surface area (Å²) in [6, 6.07) is 10.9. The Labute approximate surface area is 151 Å². The molecule has 0 amide bonds. The molecule has 0 unspecified atom stereocenters. The van der Waals surface area contributed by atoms with Gasteiger partial charge in [0.05, 0.1) is 20.6 Å². The Morgan fingerprint density at radius 1 is 0.667 bits per heavy atom. The Bertz CT molecular complexity index is 386. The highest BCUT2D eigenvalue weighted by atomic mass is 15.3. The standard InChI is InChI=1S/C22H41N2/c1-24(2,21-22-17-13-12-14-18-22)20-16-11-9-7-5-3-4-6-8-10-15-19-23/h12-14,17-18H,3-11,15-16,19-21,23H2,1-2H3/q+1. The van der Waals surface area contributed by atoms with Crippen molar-refractivity contribution in [3.05, 3.63) is 35.9 Å². The number of quaternary nitrogens is 1. The molecule has 0 saturated carbocycles. The zero-order chi connectivity index (χ0) is 17.5. The third-order valence-corrected chi connectivity index (χ3v) is 4.92. The molecule has 24 heavy (non-hydrogen) atoms. The molecule has 0 radical (unpaired) electrons. The average Bonchev–Trinajstić information content (AvgIpc) is 2.56. The number of unbranched alkanes of at least 4 members (excludes halogenated alkanes) is 10. The van der Waals surface area contributed by atoms with Crippen LogP contribution < -0.4 is 5.73 Å². The minimum atomic E-state index is 0.862. The molecule has 1 aromatic carbocycles. The summed E-state index contributed by atoms with van der Waals surface area (Å²) < 4.78 is 1.10.